The Morgan fingerprint density at radius 2 is 0.774 bits per heavy atom. The summed E-state index contributed by atoms with van der Waals surface area (Å²) in [4.78, 5) is 71.6. The van der Waals surface area contributed by atoms with Gasteiger partial charge in [0.15, 0.2) is 0 Å². The highest BCUT2D eigenvalue weighted by Crippen LogP contribution is 2.77. The van der Waals surface area contributed by atoms with Gasteiger partial charge in [-0.15, -0.1) is 0 Å². The third kappa shape index (κ3) is 10.0. The second-order valence-electron chi connectivity index (χ2n) is 5.82. The molecule has 0 atom stereocenters. The molecule has 190 valence electrons. The molecule has 21 heteroatoms. The first kappa shape index (κ1) is 33.6. The number of rotatable bonds is 13. The van der Waals surface area contributed by atoms with Gasteiger partial charge in [-0.05, 0) is 13.8 Å². The van der Waals surface area contributed by atoms with Gasteiger partial charge in [0.25, 0.3) is 10.2 Å². The largest absolute Gasteiger partial charge is 0.394 e. The van der Waals surface area contributed by atoms with Crippen molar-refractivity contribution in [1.82, 2.24) is 0 Å². The first-order chi connectivity index (χ1) is 13.6. The van der Waals surface area contributed by atoms with Crippen LogP contribution in [0.5, 0.6) is 0 Å². The highest BCUT2D eigenvalue weighted by molar-refractivity contribution is 7.73. The Hall–Kier alpha value is 0.400. The molecule has 0 amide bonds. The van der Waals surface area contributed by atoms with E-state index in [4.69, 9.17) is 58.8 Å². The molecule has 0 aromatic rings. The molecule has 0 aliphatic carbocycles. The van der Waals surface area contributed by atoms with Crippen molar-refractivity contribution in [2.24, 2.45) is 0 Å². The van der Waals surface area contributed by atoms with Crippen LogP contribution in [0.25, 0.3) is 0 Å². The molecule has 0 unspecified atom stereocenters. The fraction of sp³-hybridized carbons (Fsp3) is 1.00. The molecule has 0 heterocycles. The van der Waals surface area contributed by atoms with E-state index >= 15 is 0 Å². The molecule has 0 saturated heterocycles. The molecule has 0 rings (SSSR count). The fourth-order valence-corrected chi connectivity index (χ4v) is 5.60. The fourth-order valence-electron chi connectivity index (χ4n) is 1.39. The van der Waals surface area contributed by atoms with Gasteiger partial charge >= 0.3 is 30.4 Å². The molecule has 0 bridgehead atoms. The van der Waals surface area contributed by atoms with Crippen molar-refractivity contribution >= 4 is 30.4 Å². The van der Waals surface area contributed by atoms with E-state index in [0.29, 0.717) is 26.4 Å². The molecule has 31 heavy (non-hydrogen) atoms. The molecular formula is C10H28O17P4. The Kier molecular flexibility index (Phi) is 13.8. The summed E-state index contributed by atoms with van der Waals surface area (Å²) in [6.07, 6.45) is 0. The minimum Gasteiger partial charge on any atom is -0.394 e. The third-order valence-electron chi connectivity index (χ3n) is 3.39. The van der Waals surface area contributed by atoms with Crippen molar-refractivity contribution in [2.45, 2.75) is 24.0 Å². The topological polar surface area (TPSA) is 298 Å². The summed E-state index contributed by atoms with van der Waals surface area (Å²) in [6.45, 7) is 1.89. The zero-order valence-corrected chi connectivity index (χ0v) is 19.9. The zero-order chi connectivity index (χ0) is 25.4. The normalized spacial score (nSPS) is 14.2. The van der Waals surface area contributed by atoms with E-state index < -0.39 is 40.5 Å². The van der Waals surface area contributed by atoms with Crippen LogP contribution < -0.4 is 0 Å². The van der Waals surface area contributed by atoms with Crippen molar-refractivity contribution in [3.8, 4) is 0 Å². The van der Waals surface area contributed by atoms with E-state index in [1.807, 2.05) is 0 Å². The second kappa shape index (κ2) is 12.7. The van der Waals surface area contributed by atoms with Gasteiger partial charge in [0, 0.05) is 0 Å². The Balaban J connectivity index is 0. The summed E-state index contributed by atoms with van der Waals surface area (Å²) in [6, 6.07) is 0. The first-order valence-electron chi connectivity index (χ1n) is 7.92. The summed E-state index contributed by atoms with van der Waals surface area (Å²) in [5.74, 6) is 0. The van der Waals surface area contributed by atoms with Gasteiger partial charge in [-0.1, -0.05) is 0 Å². The van der Waals surface area contributed by atoms with Gasteiger partial charge in [0.1, 0.15) is 0 Å². The highest BCUT2D eigenvalue weighted by atomic mass is 31.2. The molecule has 0 radical (unpaired) electrons. The highest BCUT2D eigenvalue weighted by Gasteiger charge is 2.68. The minimum atomic E-state index is -5.92. The number of hydrogen-bond acceptors (Lipinski definition) is 9. The lowest BCUT2D eigenvalue weighted by Crippen LogP contribution is -2.40. The van der Waals surface area contributed by atoms with Crippen LogP contribution in [-0.4, -0.2) is 99.2 Å². The zero-order valence-electron chi connectivity index (χ0n) is 16.4. The van der Waals surface area contributed by atoms with E-state index in [9.17, 15) is 18.3 Å². The summed E-state index contributed by atoms with van der Waals surface area (Å²) in [5, 5.41) is 8.77. The van der Waals surface area contributed by atoms with Crippen LogP contribution in [0, 0.1) is 0 Å². The van der Waals surface area contributed by atoms with E-state index in [1.165, 1.54) is 0 Å². The van der Waals surface area contributed by atoms with Crippen molar-refractivity contribution in [2.75, 3.05) is 39.6 Å². The third-order valence-corrected chi connectivity index (χ3v) is 11.2. The van der Waals surface area contributed by atoms with Crippen molar-refractivity contribution in [3.05, 3.63) is 0 Å². The van der Waals surface area contributed by atoms with Gasteiger partial charge in [-0.2, -0.15) is 0 Å². The van der Waals surface area contributed by atoms with E-state index in [1.54, 1.807) is 0 Å². The molecule has 0 aliphatic rings. The molecule has 0 aliphatic heterocycles. The van der Waals surface area contributed by atoms with Gasteiger partial charge < -0.3 is 63.6 Å². The van der Waals surface area contributed by atoms with Crippen LogP contribution >= 0.6 is 30.4 Å². The van der Waals surface area contributed by atoms with Crippen molar-refractivity contribution in [1.29, 1.82) is 0 Å². The maximum atomic E-state index is 11.2. The van der Waals surface area contributed by atoms with Gasteiger partial charge in [0.05, 0.1) is 39.6 Å². The first-order valence-corrected chi connectivity index (χ1v) is 14.4. The second-order valence-corrected chi connectivity index (χ2v) is 14.3. The average molecular weight is 544 g/mol. The van der Waals surface area contributed by atoms with Crippen LogP contribution in [0.4, 0.5) is 0 Å². The quantitative estimate of drug-likeness (QED) is 0.0891. The number of aliphatic hydroxyl groups excluding tert-OH is 2. The average Bonchev–Trinajstić information content (AvgIpc) is 2.54. The Labute approximate surface area is 176 Å². The van der Waals surface area contributed by atoms with E-state index in [-0.39, 0.29) is 27.1 Å². The lowest BCUT2D eigenvalue weighted by Gasteiger charge is -2.39. The van der Waals surface area contributed by atoms with E-state index in [2.05, 4.69) is 4.74 Å². The SMILES string of the molecule is CC(OC(C)(P(=O)(O)O)P(=O)(O)O)(P(=O)(O)O)P(=O)(O)O.OCCOCCOCCO. The Morgan fingerprint density at radius 1 is 0.548 bits per heavy atom. The van der Waals surface area contributed by atoms with Crippen LogP contribution in [0.2, 0.25) is 0 Å². The molecule has 0 aromatic heterocycles. The van der Waals surface area contributed by atoms with Crippen molar-refractivity contribution in [3.63, 3.8) is 0 Å². The summed E-state index contributed by atoms with van der Waals surface area (Å²) >= 11 is 0. The molecule has 0 saturated carbocycles. The number of ether oxygens (including phenoxy) is 3. The van der Waals surface area contributed by atoms with Crippen LogP contribution in [0.3, 0.4) is 0 Å². The lowest BCUT2D eigenvalue weighted by atomic mass is 10.7. The monoisotopic (exact) mass is 544 g/mol. The maximum Gasteiger partial charge on any atom is 0.369 e. The maximum absolute atomic E-state index is 11.2. The van der Waals surface area contributed by atoms with Gasteiger partial charge in [-0.25, -0.2) is 0 Å². The molecule has 10 N–H and O–H groups in total. The van der Waals surface area contributed by atoms with Gasteiger partial charge in [0.2, 0.25) is 0 Å². The standard InChI is InChI=1S/C6H14O4.C4H14O13P4/c7-1-3-9-5-6-10-4-2-8;1-3(18(5,6)7,19(8,9)10)17-4(2,20(11,12)13)21(14,15)16/h7-8H,1-6H2;1-2H3,(H2,5,6,7)(H2,8,9,10)(H2,11,12,13)(H2,14,15,16). The van der Waals surface area contributed by atoms with Gasteiger partial charge in [-0.3, -0.25) is 18.3 Å². The number of hydrogen-bond donors (Lipinski definition) is 10. The molecule has 0 aromatic carbocycles. The predicted molar refractivity (Wildman–Crippen MR) is 102 cm³/mol. The molecule has 0 spiro atoms. The van der Waals surface area contributed by atoms with Crippen molar-refractivity contribution < 1.29 is 81.8 Å². The number of aliphatic hydroxyl groups is 2. The summed E-state index contributed by atoms with van der Waals surface area (Å²) in [7, 11) is -23.7. The van der Waals surface area contributed by atoms with Crippen LogP contribution in [-0.2, 0) is 32.5 Å². The summed E-state index contributed by atoms with van der Waals surface area (Å²) in [5.41, 5.74) is 0. The molecule has 17 nitrogen and oxygen atoms in total. The van der Waals surface area contributed by atoms with E-state index in [0.717, 1.165) is 0 Å². The Bertz CT molecular complexity index is 610. The molecule has 0 fully saturated rings. The van der Waals surface area contributed by atoms with Crippen LogP contribution in [0.1, 0.15) is 13.8 Å². The Morgan fingerprint density at radius 3 is 0.935 bits per heavy atom. The smallest absolute Gasteiger partial charge is 0.369 e. The lowest BCUT2D eigenvalue weighted by molar-refractivity contribution is -0.0109. The predicted octanol–water partition coefficient (Wildman–Crippen LogP) is -1.93. The summed E-state index contributed by atoms with van der Waals surface area (Å²) < 4.78 is 58.6. The van der Waals surface area contributed by atoms with Crippen LogP contribution in [0.15, 0.2) is 0 Å². The molecular weight excluding hydrogens is 516 g/mol. The minimum absolute atomic E-state index is 0.0417.